The first-order chi connectivity index (χ1) is 9.24. The van der Waals surface area contributed by atoms with Crippen LogP contribution >= 0.6 is 31.9 Å². The van der Waals surface area contributed by atoms with Gasteiger partial charge in [0.2, 0.25) is 0 Å². The van der Waals surface area contributed by atoms with E-state index in [2.05, 4.69) is 54.4 Å². The maximum Gasteiger partial charge on any atom is 0.104 e. The Bertz CT molecular complexity index is 534. The molecule has 1 aromatic heterocycles. The van der Waals surface area contributed by atoms with Crippen molar-refractivity contribution in [1.29, 1.82) is 0 Å². The van der Waals surface area contributed by atoms with E-state index in [-0.39, 0.29) is 0 Å². The molecular formula is C15H20Br2N2. The van der Waals surface area contributed by atoms with E-state index >= 15 is 0 Å². The summed E-state index contributed by atoms with van der Waals surface area (Å²) < 4.78 is 4.44. The molecule has 0 N–H and O–H groups in total. The molecule has 19 heavy (non-hydrogen) atoms. The summed E-state index contributed by atoms with van der Waals surface area (Å²) in [5.41, 5.74) is 2.24. The van der Waals surface area contributed by atoms with Crippen LogP contribution < -0.4 is 0 Å². The normalized spacial score (nSPS) is 11.3. The minimum absolute atomic E-state index is 1.04. The molecular weight excluding hydrogens is 368 g/mol. The van der Waals surface area contributed by atoms with Crippen molar-refractivity contribution < 1.29 is 0 Å². The highest BCUT2D eigenvalue weighted by Gasteiger charge is 2.09. The van der Waals surface area contributed by atoms with Gasteiger partial charge in [-0.05, 0) is 50.4 Å². The second-order valence-corrected chi connectivity index (χ2v) is 6.64. The maximum atomic E-state index is 4.49. The summed E-state index contributed by atoms with van der Waals surface area (Å²) in [5, 5.41) is 0. The first kappa shape index (κ1) is 15.0. The van der Waals surface area contributed by atoms with Crippen molar-refractivity contribution in [1.82, 2.24) is 9.55 Å². The Morgan fingerprint density at radius 3 is 2.47 bits per heavy atom. The second kappa shape index (κ2) is 7.44. The van der Waals surface area contributed by atoms with Crippen LogP contribution in [0.15, 0.2) is 27.4 Å². The number of unbranched alkanes of at least 4 members (excludes halogenated alkanes) is 5. The molecule has 0 spiro atoms. The van der Waals surface area contributed by atoms with E-state index in [4.69, 9.17) is 0 Å². The first-order valence-corrected chi connectivity index (χ1v) is 8.61. The fraction of sp³-hybridized carbons (Fsp3) is 0.533. The van der Waals surface area contributed by atoms with Gasteiger partial charge in [-0.15, -0.1) is 0 Å². The fourth-order valence-corrected chi connectivity index (χ4v) is 3.31. The molecule has 1 heterocycles. The summed E-state index contributed by atoms with van der Waals surface area (Å²) in [7, 11) is 0. The van der Waals surface area contributed by atoms with Gasteiger partial charge < -0.3 is 4.57 Å². The molecule has 0 fully saturated rings. The molecule has 0 radical (unpaired) electrons. The molecule has 0 aliphatic heterocycles. The molecule has 2 nitrogen and oxygen atoms in total. The average molecular weight is 388 g/mol. The van der Waals surface area contributed by atoms with Crippen molar-refractivity contribution in [3.05, 3.63) is 27.4 Å². The van der Waals surface area contributed by atoms with Crippen LogP contribution in [0.1, 0.15) is 45.4 Å². The second-order valence-electron chi connectivity index (χ2n) is 4.93. The van der Waals surface area contributed by atoms with Gasteiger partial charge >= 0.3 is 0 Å². The van der Waals surface area contributed by atoms with Crippen LogP contribution in [0.2, 0.25) is 0 Å². The van der Waals surface area contributed by atoms with Crippen LogP contribution in [-0.2, 0) is 6.54 Å². The molecule has 0 amide bonds. The van der Waals surface area contributed by atoms with Crippen molar-refractivity contribution >= 4 is 42.9 Å². The van der Waals surface area contributed by atoms with Gasteiger partial charge in [-0.2, -0.15) is 0 Å². The molecule has 0 saturated heterocycles. The van der Waals surface area contributed by atoms with E-state index in [1.165, 1.54) is 44.0 Å². The summed E-state index contributed by atoms with van der Waals surface area (Å²) in [5.74, 6) is 0. The minimum atomic E-state index is 1.04. The van der Waals surface area contributed by atoms with Gasteiger partial charge in [-0.3, -0.25) is 0 Å². The fourth-order valence-electron chi connectivity index (χ4n) is 2.34. The number of fused-ring (bicyclic) bond motifs is 1. The minimum Gasteiger partial charge on any atom is -0.330 e. The van der Waals surface area contributed by atoms with Crippen molar-refractivity contribution in [3.8, 4) is 0 Å². The van der Waals surface area contributed by atoms with Gasteiger partial charge in [-0.25, -0.2) is 4.98 Å². The van der Waals surface area contributed by atoms with Crippen LogP contribution in [0.25, 0.3) is 11.0 Å². The van der Waals surface area contributed by atoms with Gasteiger partial charge in [0.15, 0.2) is 0 Å². The van der Waals surface area contributed by atoms with E-state index < -0.39 is 0 Å². The van der Waals surface area contributed by atoms with Gasteiger partial charge in [-0.1, -0.05) is 39.0 Å². The predicted molar refractivity (Wildman–Crippen MR) is 88.5 cm³/mol. The van der Waals surface area contributed by atoms with Gasteiger partial charge in [0.25, 0.3) is 0 Å². The summed E-state index contributed by atoms with van der Waals surface area (Å²) >= 11 is 7.18. The van der Waals surface area contributed by atoms with E-state index in [9.17, 15) is 0 Å². The average Bonchev–Trinajstić information content (AvgIpc) is 2.83. The van der Waals surface area contributed by atoms with Crippen LogP contribution in [0.5, 0.6) is 0 Å². The number of imidazole rings is 1. The molecule has 4 heteroatoms. The Labute approximate surface area is 131 Å². The van der Waals surface area contributed by atoms with Crippen LogP contribution in [0, 0.1) is 0 Å². The zero-order chi connectivity index (χ0) is 13.7. The number of rotatable bonds is 7. The molecule has 104 valence electrons. The number of hydrogen-bond donors (Lipinski definition) is 0. The van der Waals surface area contributed by atoms with Crippen LogP contribution in [0.4, 0.5) is 0 Å². The highest BCUT2D eigenvalue weighted by molar-refractivity contribution is 9.11. The lowest BCUT2D eigenvalue weighted by Gasteiger charge is -2.06. The monoisotopic (exact) mass is 386 g/mol. The Hall–Kier alpha value is -0.350. The Morgan fingerprint density at radius 2 is 1.68 bits per heavy atom. The summed E-state index contributed by atoms with van der Waals surface area (Å²) in [6.45, 7) is 3.31. The first-order valence-electron chi connectivity index (χ1n) is 7.03. The van der Waals surface area contributed by atoms with Crippen LogP contribution in [0.3, 0.4) is 0 Å². The molecule has 0 saturated carbocycles. The number of benzene rings is 1. The maximum absolute atomic E-state index is 4.49. The molecule has 1 aromatic carbocycles. The lowest BCUT2D eigenvalue weighted by atomic mass is 10.1. The third-order valence-electron chi connectivity index (χ3n) is 3.42. The third-order valence-corrected chi connectivity index (χ3v) is 4.70. The molecule has 2 aromatic rings. The third kappa shape index (κ3) is 3.82. The summed E-state index contributed by atoms with van der Waals surface area (Å²) in [6.07, 6.45) is 9.90. The quantitative estimate of drug-likeness (QED) is 0.539. The molecule has 2 rings (SSSR count). The van der Waals surface area contributed by atoms with E-state index in [1.807, 2.05) is 12.4 Å². The zero-order valence-electron chi connectivity index (χ0n) is 11.3. The zero-order valence-corrected chi connectivity index (χ0v) is 14.5. The van der Waals surface area contributed by atoms with Crippen LogP contribution in [-0.4, -0.2) is 9.55 Å². The lowest BCUT2D eigenvalue weighted by Crippen LogP contribution is -1.96. The number of hydrogen-bond acceptors (Lipinski definition) is 1. The molecule has 0 atom stereocenters. The highest BCUT2D eigenvalue weighted by Crippen LogP contribution is 2.29. The van der Waals surface area contributed by atoms with Crippen molar-refractivity contribution in [2.24, 2.45) is 0 Å². The number of aromatic nitrogens is 2. The Kier molecular flexibility index (Phi) is 5.89. The predicted octanol–water partition coefficient (Wildman–Crippen LogP) is 5.92. The summed E-state index contributed by atoms with van der Waals surface area (Å²) in [4.78, 5) is 4.49. The standard InChI is InChI=1S/C15H20Br2N2/c1-2-3-4-5-6-7-10-19-11-18-14-12(16)8-9-13(17)15(14)19/h8-9,11H,2-7,10H2,1H3. The Morgan fingerprint density at radius 1 is 1.00 bits per heavy atom. The van der Waals surface area contributed by atoms with E-state index in [0.29, 0.717) is 0 Å². The molecule has 0 aliphatic rings. The van der Waals surface area contributed by atoms with Gasteiger partial charge in [0.1, 0.15) is 5.52 Å². The van der Waals surface area contributed by atoms with Gasteiger partial charge in [0, 0.05) is 15.5 Å². The largest absolute Gasteiger partial charge is 0.330 e. The number of aryl methyl sites for hydroxylation is 1. The van der Waals surface area contributed by atoms with E-state index in [0.717, 1.165) is 21.0 Å². The van der Waals surface area contributed by atoms with E-state index in [1.54, 1.807) is 0 Å². The van der Waals surface area contributed by atoms with Gasteiger partial charge in [0.05, 0.1) is 11.8 Å². The smallest absolute Gasteiger partial charge is 0.104 e. The highest BCUT2D eigenvalue weighted by atomic mass is 79.9. The number of nitrogens with zero attached hydrogens (tertiary/aromatic N) is 2. The lowest BCUT2D eigenvalue weighted by molar-refractivity contribution is 0.563. The van der Waals surface area contributed by atoms with Crippen molar-refractivity contribution in [2.75, 3.05) is 0 Å². The number of halogens is 2. The molecule has 0 aliphatic carbocycles. The van der Waals surface area contributed by atoms with Crippen molar-refractivity contribution in [2.45, 2.75) is 52.0 Å². The summed E-state index contributed by atoms with van der Waals surface area (Å²) in [6, 6.07) is 4.11. The molecule has 0 bridgehead atoms. The Balaban J connectivity index is 1.96. The topological polar surface area (TPSA) is 17.8 Å². The molecule has 0 unspecified atom stereocenters. The van der Waals surface area contributed by atoms with Crippen molar-refractivity contribution in [3.63, 3.8) is 0 Å². The SMILES string of the molecule is CCCCCCCCn1cnc2c(Br)ccc(Br)c21.